The second-order valence-electron chi connectivity index (χ2n) is 7.78. The van der Waals surface area contributed by atoms with Gasteiger partial charge in [0.2, 0.25) is 11.8 Å². The highest BCUT2D eigenvalue weighted by Crippen LogP contribution is 2.40. The minimum atomic E-state index is -1.06. The third-order valence-electron chi connectivity index (χ3n) is 5.96. The average Bonchev–Trinajstić information content (AvgIpc) is 2.73. The molecule has 2 amide bonds. The fourth-order valence-electron chi connectivity index (χ4n) is 4.41. The molecule has 0 bridgehead atoms. The van der Waals surface area contributed by atoms with Crippen molar-refractivity contribution >= 4 is 17.4 Å². The van der Waals surface area contributed by atoms with Gasteiger partial charge in [0.05, 0.1) is 17.4 Å². The molecule has 3 rings (SSSR count). The molecule has 1 heterocycles. The summed E-state index contributed by atoms with van der Waals surface area (Å²) in [5.41, 5.74) is 3.00. The molecule has 1 saturated carbocycles. The predicted molar refractivity (Wildman–Crippen MR) is 106 cm³/mol. The second kappa shape index (κ2) is 8.71. The fraction of sp³-hybridized carbons (Fsp3) is 0.455. The number of amides is 2. The molecule has 0 radical (unpaired) electrons. The minimum absolute atomic E-state index is 0.0855. The molecule has 0 spiro atoms. The zero-order chi connectivity index (χ0) is 20.1. The number of hydroxylamine groups is 1. The van der Waals surface area contributed by atoms with Crippen molar-refractivity contribution in [2.75, 3.05) is 13.1 Å². The first-order chi connectivity index (χ1) is 13.5. The SMILES string of the molecule is C=CC[C@]1(O)CC[C@H](C(=O)N2CC=C(c3ccccc3)CC2)[C@@H](C(=O)NO)C1. The summed E-state index contributed by atoms with van der Waals surface area (Å²) in [5, 5.41) is 19.8. The van der Waals surface area contributed by atoms with Crippen LogP contribution >= 0.6 is 0 Å². The first kappa shape index (κ1) is 20.3. The number of rotatable bonds is 5. The molecule has 150 valence electrons. The zero-order valence-electron chi connectivity index (χ0n) is 16.0. The van der Waals surface area contributed by atoms with Crippen LogP contribution in [0.25, 0.3) is 5.57 Å². The van der Waals surface area contributed by atoms with Crippen molar-refractivity contribution in [2.24, 2.45) is 11.8 Å². The molecule has 6 heteroatoms. The number of aliphatic hydroxyl groups is 1. The summed E-state index contributed by atoms with van der Waals surface area (Å²) < 4.78 is 0. The topological polar surface area (TPSA) is 89.9 Å². The maximum Gasteiger partial charge on any atom is 0.247 e. The molecular weight excluding hydrogens is 356 g/mol. The molecule has 0 unspecified atom stereocenters. The van der Waals surface area contributed by atoms with E-state index < -0.39 is 23.3 Å². The highest BCUT2D eigenvalue weighted by atomic mass is 16.5. The van der Waals surface area contributed by atoms with Crippen molar-refractivity contribution in [3.8, 4) is 0 Å². The van der Waals surface area contributed by atoms with E-state index in [9.17, 15) is 14.7 Å². The van der Waals surface area contributed by atoms with Gasteiger partial charge in [-0.25, -0.2) is 5.48 Å². The fourth-order valence-corrected chi connectivity index (χ4v) is 4.41. The van der Waals surface area contributed by atoms with Gasteiger partial charge in [-0.1, -0.05) is 42.5 Å². The molecule has 3 atom stereocenters. The summed E-state index contributed by atoms with van der Waals surface area (Å²) in [7, 11) is 0. The lowest BCUT2D eigenvalue weighted by Crippen LogP contribution is -2.51. The van der Waals surface area contributed by atoms with E-state index in [2.05, 4.69) is 24.8 Å². The zero-order valence-corrected chi connectivity index (χ0v) is 16.0. The Hall–Kier alpha value is -2.44. The molecule has 1 aliphatic heterocycles. The van der Waals surface area contributed by atoms with E-state index in [1.165, 1.54) is 11.1 Å². The van der Waals surface area contributed by atoms with Gasteiger partial charge < -0.3 is 10.0 Å². The molecule has 2 aliphatic rings. The molecule has 0 aromatic heterocycles. The number of nitrogens with one attached hydrogen (secondary N) is 1. The van der Waals surface area contributed by atoms with Crippen LogP contribution in [-0.4, -0.2) is 45.7 Å². The Morgan fingerprint density at radius 3 is 2.64 bits per heavy atom. The van der Waals surface area contributed by atoms with Crippen molar-refractivity contribution in [2.45, 2.75) is 37.7 Å². The number of carbonyl (C=O) groups is 2. The van der Waals surface area contributed by atoms with Crippen LogP contribution in [0.2, 0.25) is 0 Å². The average molecular weight is 384 g/mol. The molecular formula is C22H28N2O4. The third-order valence-corrected chi connectivity index (χ3v) is 5.96. The van der Waals surface area contributed by atoms with Gasteiger partial charge in [0.15, 0.2) is 0 Å². The summed E-state index contributed by atoms with van der Waals surface area (Å²) >= 11 is 0. The molecule has 1 aliphatic carbocycles. The van der Waals surface area contributed by atoms with E-state index in [1.54, 1.807) is 16.5 Å². The van der Waals surface area contributed by atoms with Gasteiger partial charge in [-0.15, -0.1) is 6.58 Å². The van der Waals surface area contributed by atoms with Crippen LogP contribution < -0.4 is 5.48 Å². The van der Waals surface area contributed by atoms with E-state index in [-0.39, 0.29) is 12.3 Å². The van der Waals surface area contributed by atoms with Crippen LogP contribution in [0.1, 0.15) is 37.7 Å². The Balaban J connectivity index is 1.71. The monoisotopic (exact) mass is 384 g/mol. The predicted octanol–water partition coefficient (Wildman–Crippen LogP) is 2.53. The van der Waals surface area contributed by atoms with Crippen molar-refractivity contribution in [3.63, 3.8) is 0 Å². The van der Waals surface area contributed by atoms with Gasteiger partial charge in [0.1, 0.15) is 0 Å². The summed E-state index contributed by atoms with van der Waals surface area (Å²) in [6.45, 7) is 4.76. The van der Waals surface area contributed by atoms with E-state index in [0.29, 0.717) is 32.4 Å². The van der Waals surface area contributed by atoms with Crippen LogP contribution in [0, 0.1) is 11.8 Å². The van der Waals surface area contributed by atoms with Crippen molar-refractivity contribution in [1.82, 2.24) is 10.4 Å². The van der Waals surface area contributed by atoms with Gasteiger partial charge in [0.25, 0.3) is 0 Å². The Morgan fingerprint density at radius 1 is 1.29 bits per heavy atom. The minimum Gasteiger partial charge on any atom is -0.390 e. The van der Waals surface area contributed by atoms with Gasteiger partial charge in [-0.05, 0) is 43.2 Å². The third kappa shape index (κ3) is 4.34. The van der Waals surface area contributed by atoms with Gasteiger partial charge >= 0.3 is 0 Å². The van der Waals surface area contributed by atoms with E-state index >= 15 is 0 Å². The summed E-state index contributed by atoms with van der Waals surface area (Å²) in [6, 6.07) is 10.1. The maximum atomic E-state index is 13.1. The maximum absolute atomic E-state index is 13.1. The smallest absolute Gasteiger partial charge is 0.247 e. The van der Waals surface area contributed by atoms with Gasteiger partial charge in [0, 0.05) is 13.1 Å². The molecule has 1 fully saturated rings. The Morgan fingerprint density at radius 2 is 2.04 bits per heavy atom. The largest absolute Gasteiger partial charge is 0.390 e. The Kier molecular flexibility index (Phi) is 6.31. The normalized spacial score (nSPS) is 27.6. The highest BCUT2D eigenvalue weighted by molar-refractivity contribution is 5.88. The van der Waals surface area contributed by atoms with Crippen LogP contribution in [0.15, 0.2) is 49.1 Å². The first-order valence-corrected chi connectivity index (χ1v) is 9.78. The van der Waals surface area contributed by atoms with E-state index in [4.69, 9.17) is 5.21 Å². The highest BCUT2D eigenvalue weighted by Gasteiger charge is 2.46. The van der Waals surface area contributed by atoms with Crippen molar-refractivity contribution in [3.05, 3.63) is 54.6 Å². The van der Waals surface area contributed by atoms with Gasteiger partial charge in [-0.2, -0.15) is 0 Å². The number of benzene rings is 1. The number of nitrogens with zero attached hydrogens (tertiary/aromatic N) is 1. The van der Waals surface area contributed by atoms with Crippen LogP contribution in [-0.2, 0) is 9.59 Å². The lowest BCUT2D eigenvalue weighted by Gasteiger charge is -2.41. The van der Waals surface area contributed by atoms with E-state index in [1.807, 2.05) is 18.2 Å². The molecule has 3 N–H and O–H groups in total. The second-order valence-corrected chi connectivity index (χ2v) is 7.78. The molecule has 28 heavy (non-hydrogen) atoms. The van der Waals surface area contributed by atoms with Gasteiger partial charge in [-0.3, -0.25) is 14.8 Å². The summed E-state index contributed by atoms with van der Waals surface area (Å²) in [5.74, 6) is -1.99. The molecule has 6 nitrogen and oxygen atoms in total. The number of carbonyl (C=O) groups excluding carboxylic acids is 2. The quantitative estimate of drug-likeness (QED) is 0.413. The summed E-state index contributed by atoms with van der Waals surface area (Å²) in [4.78, 5) is 27.1. The van der Waals surface area contributed by atoms with Crippen LogP contribution in [0.4, 0.5) is 0 Å². The van der Waals surface area contributed by atoms with E-state index in [0.717, 1.165) is 6.42 Å². The lowest BCUT2D eigenvalue weighted by molar-refractivity contribution is -0.152. The number of hydrogen-bond acceptors (Lipinski definition) is 4. The Labute approximate surface area is 165 Å². The standard InChI is InChI=1S/C22H28N2O4/c1-2-11-22(27)12-8-18(19(15-22)20(25)23-28)21(26)24-13-9-17(10-14-24)16-6-4-3-5-7-16/h2-7,9,18-19,27-28H,1,8,10-15H2,(H,23,25)/t18-,19-,22-/m0/s1. The summed E-state index contributed by atoms with van der Waals surface area (Å²) in [6.07, 6.45) is 5.79. The van der Waals surface area contributed by atoms with Crippen molar-refractivity contribution in [1.29, 1.82) is 0 Å². The molecule has 1 aromatic carbocycles. The van der Waals surface area contributed by atoms with Crippen molar-refractivity contribution < 1.29 is 19.9 Å². The first-order valence-electron chi connectivity index (χ1n) is 9.78. The number of hydrogen-bond donors (Lipinski definition) is 3. The lowest BCUT2D eigenvalue weighted by atomic mass is 9.69. The Bertz CT molecular complexity index is 761. The molecule has 0 saturated heterocycles. The molecule has 1 aromatic rings. The van der Waals surface area contributed by atoms with Crippen LogP contribution in [0.3, 0.4) is 0 Å². The van der Waals surface area contributed by atoms with Crippen LogP contribution in [0.5, 0.6) is 0 Å².